The van der Waals surface area contributed by atoms with Crippen LogP contribution in [0, 0.1) is 0 Å². The Balaban J connectivity index is 1.68. The van der Waals surface area contributed by atoms with Crippen molar-refractivity contribution in [1.82, 2.24) is 35.1 Å². The monoisotopic (exact) mass is 325 g/mol. The topological polar surface area (TPSA) is 90.5 Å². The van der Waals surface area contributed by atoms with Gasteiger partial charge < -0.3 is 9.88 Å². The molecule has 0 spiro atoms. The maximum Gasteiger partial charge on any atom is 0.249 e. The molecule has 0 aliphatic rings. The van der Waals surface area contributed by atoms with Crippen molar-refractivity contribution in [2.45, 2.75) is 25.9 Å². The summed E-state index contributed by atoms with van der Waals surface area (Å²) in [6.45, 7) is 3.24. The van der Waals surface area contributed by atoms with Crippen LogP contribution in [0.15, 0.2) is 49.1 Å². The first-order valence-electron chi connectivity index (χ1n) is 7.84. The Kier molecular flexibility index (Phi) is 4.95. The van der Waals surface area contributed by atoms with E-state index in [1.165, 1.54) is 11.0 Å². The van der Waals surface area contributed by atoms with Gasteiger partial charge in [0.1, 0.15) is 12.2 Å². The molecule has 0 aliphatic heterocycles. The molecule has 0 radical (unpaired) electrons. The minimum Gasteiger partial charge on any atom is -0.352 e. The highest BCUT2D eigenvalue weighted by Gasteiger charge is 2.23. The van der Waals surface area contributed by atoms with E-state index in [2.05, 4.69) is 32.7 Å². The second-order valence-electron chi connectivity index (χ2n) is 5.28. The van der Waals surface area contributed by atoms with Crippen LogP contribution >= 0.6 is 0 Å². The van der Waals surface area contributed by atoms with Crippen LogP contribution in [0.2, 0.25) is 0 Å². The van der Waals surface area contributed by atoms with E-state index >= 15 is 0 Å². The van der Waals surface area contributed by atoms with Gasteiger partial charge in [0.15, 0.2) is 6.04 Å². The number of amides is 1. The molecule has 1 aromatic carbocycles. The van der Waals surface area contributed by atoms with Gasteiger partial charge in [-0.1, -0.05) is 37.3 Å². The van der Waals surface area contributed by atoms with E-state index in [0.29, 0.717) is 13.1 Å². The summed E-state index contributed by atoms with van der Waals surface area (Å²) in [6, 6.07) is 8.87. The Hall–Kier alpha value is -3.03. The Morgan fingerprint density at radius 2 is 2.12 bits per heavy atom. The van der Waals surface area contributed by atoms with Crippen molar-refractivity contribution >= 4 is 5.91 Å². The maximum atomic E-state index is 12.7. The fourth-order valence-electron chi connectivity index (χ4n) is 2.60. The summed E-state index contributed by atoms with van der Waals surface area (Å²) in [5.41, 5.74) is 0.833. The van der Waals surface area contributed by atoms with E-state index in [4.69, 9.17) is 0 Å². The number of nitrogens with zero attached hydrogens (tertiary/aromatic N) is 6. The number of aryl methyl sites for hydroxylation is 1. The number of hydrogen-bond acceptors (Lipinski definition) is 5. The molecule has 0 fully saturated rings. The van der Waals surface area contributed by atoms with Crippen LogP contribution in [0.4, 0.5) is 0 Å². The fraction of sp³-hybridized carbons (Fsp3) is 0.312. The molecule has 24 heavy (non-hydrogen) atoms. The van der Waals surface area contributed by atoms with Crippen molar-refractivity contribution in [3.05, 3.63) is 60.4 Å². The third-order valence-electron chi connectivity index (χ3n) is 3.76. The zero-order valence-electron chi connectivity index (χ0n) is 13.4. The number of tetrazole rings is 1. The Labute approximate surface area is 139 Å². The quantitative estimate of drug-likeness (QED) is 0.695. The van der Waals surface area contributed by atoms with Crippen molar-refractivity contribution in [2.75, 3.05) is 6.54 Å². The number of carbonyl (C=O) groups is 1. The molecule has 1 N–H and O–H groups in total. The van der Waals surface area contributed by atoms with Gasteiger partial charge in [0, 0.05) is 31.9 Å². The smallest absolute Gasteiger partial charge is 0.249 e. The van der Waals surface area contributed by atoms with Gasteiger partial charge in [0.25, 0.3) is 0 Å². The molecular formula is C16H19N7O. The molecule has 1 unspecified atom stereocenters. The zero-order valence-corrected chi connectivity index (χ0v) is 13.4. The Morgan fingerprint density at radius 3 is 2.83 bits per heavy atom. The number of benzene rings is 1. The third kappa shape index (κ3) is 3.48. The van der Waals surface area contributed by atoms with Gasteiger partial charge >= 0.3 is 0 Å². The van der Waals surface area contributed by atoms with Crippen molar-refractivity contribution in [1.29, 1.82) is 0 Å². The molecule has 2 heterocycles. The van der Waals surface area contributed by atoms with Crippen LogP contribution < -0.4 is 5.32 Å². The molecular weight excluding hydrogens is 306 g/mol. The average molecular weight is 325 g/mol. The van der Waals surface area contributed by atoms with E-state index in [1.54, 1.807) is 6.20 Å². The number of imidazole rings is 1. The molecule has 124 valence electrons. The third-order valence-corrected chi connectivity index (χ3v) is 3.76. The highest BCUT2D eigenvalue weighted by molar-refractivity contribution is 5.83. The summed E-state index contributed by atoms with van der Waals surface area (Å²) in [4.78, 5) is 16.9. The molecule has 2 aromatic heterocycles. The maximum absolute atomic E-state index is 12.7. The van der Waals surface area contributed by atoms with E-state index in [0.717, 1.165) is 17.8 Å². The lowest BCUT2D eigenvalue weighted by atomic mass is 10.1. The fourth-order valence-corrected chi connectivity index (χ4v) is 2.60. The molecule has 8 nitrogen and oxygen atoms in total. The lowest BCUT2D eigenvalue weighted by Crippen LogP contribution is -2.35. The van der Waals surface area contributed by atoms with Crippen LogP contribution in [0.1, 0.15) is 24.4 Å². The van der Waals surface area contributed by atoms with Crippen molar-refractivity contribution < 1.29 is 4.79 Å². The van der Waals surface area contributed by atoms with Gasteiger partial charge in [-0.2, -0.15) is 0 Å². The summed E-state index contributed by atoms with van der Waals surface area (Å²) < 4.78 is 3.49. The number of nitrogens with one attached hydrogen (secondary N) is 1. The molecule has 1 atom stereocenters. The normalized spacial score (nSPS) is 12.0. The zero-order chi connectivity index (χ0) is 16.8. The minimum atomic E-state index is -0.588. The van der Waals surface area contributed by atoms with Gasteiger partial charge in [-0.3, -0.25) is 4.79 Å². The van der Waals surface area contributed by atoms with E-state index < -0.39 is 6.04 Å². The van der Waals surface area contributed by atoms with Gasteiger partial charge in [-0.15, -0.1) is 5.10 Å². The standard InChI is InChI=1S/C16H19N7O/c1-2-14-17-8-10-22(14)11-9-18-16(24)15(23-12-19-20-21-23)13-6-4-3-5-7-13/h3-8,10,12,15H,2,9,11H2,1H3,(H,18,24). The highest BCUT2D eigenvalue weighted by atomic mass is 16.2. The van der Waals surface area contributed by atoms with Crippen molar-refractivity contribution in [3.8, 4) is 0 Å². The Bertz CT molecular complexity index is 767. The molecule has 8 heteroatoms. The van der Waals surface area contributed by atoms with Crippen LogP contribution in [-0.4, -0.2) is 42.2 Å². The molecule has 3 aromatic rings. The van der Waals surface area contributed by atoms with Crippen LogP contribution in [0.3, 0.4) is 0 Å². The van der Waals surface area contributed by atoms with Gasteiger partial charge in [0.2, 0.25) is 5.91 Å². The molecule has 1 amide bonds. The molecule has 0 saturated heterocycles. The summed E-state index contributed by atoms with van der Waals surface area (Å²) >= 11 is 0. The average Bonchev–Trinajstić information content (AvgIpc) is 3.28. The predicted octanol–water partition coefficient (Wildman–Crippen LogP) is 0.838. The lowest BCUT2D eigenvalue weighted by Gasteiger charge is -2.17. The number of rotatable bonds is 7. The molecule has 0 bridgehead atoms. The van der Waals surface area contributed by atoms with E-state index in [1.807, 2.05) is 41.1 Å². The molecule has 0 saturated carbocycles. The number of hydrogen-bond donors (Lipinski definition) is 1. The first-order valence-corrected chi connectivity index (χ1v) is 7.84. The van der Waals surface area contributed by atoms with Crippen LogP contribution in [0.25, 0.3) is 0 Å². The molecule has 3 rings (SSSR count). The van der Waals surface area contributed by atoms with Crippen molar-refractivity contribution in [2.24, 2.45) is 0 Å². The minimum absolute atomic E-state index is 0.147. The lowest BCUT2D eigenvalue weighted by molar-refractivity contribution is -0.123. The van der Waals surface area contributed by atoms with Gasteiger partial charge in [-0.05, 0) is 16.0 Å². The van der Waals surface area contributed by atoms with Gasteiger partial charge in [0.05, 0.1) is 0 Å². The van der Waals surface area contributed by atoms with Crippen LogP contribution in [-0.2, 0) is 17.8 Å². The van der Waals surface area contributed by atoms with E-state index in [-0.39, 0.29) is 5.91 Å². The first-order chi connectivity index (χ1) is 11.8. The predicted molar refractivity (Wildman–Crippen MR) is 87.0 cm³/mol. The second-order valence-corrected chi connectivity index (χ2v) is 5.28. The molecule has 0 aliphatic carbocycles. The largest absolute Gasteiger partial charge is 0.352 e. The summed E-state index contributed by atoms with van der Waals surface area (Å²) in [6.07, 6.45) is 6.00. The Morgan fingerprint density at radius 1 is 1.29 bits per heavy atom. The van der Waals surface area contributed by atoms with Crippen LogP contribution in [0.5, 0.6) is 0 Å². The van der Waals surface area contributed by atoms with Crippen molar-refractivity contribution in [3.63, 3.8) is 0 Å². The first kappa shape index (κ1) is 15.9. The number of aromatic nitrogens is 6. The number of carbonyl (C=O) groups excluding carboxylic acids is 1. The highest BCUT2D eigenvalue weighted by Crippen LogP contribution is 2.16. The SMILES string of the molecule is CCc1nccn1CCNC(=O)C(c1ccccc1)n1cnnn1. The summed E-state index contributed by atoms with van der Waals surface area (Å²) in [5.74, 6) is 0.857. The summed E-state index contributed by atoms with van der Waals surface area (Å²) in [7, 11) is 0. The van der Waals surface area contributed by atoms with E-state index in [9.17, 15) is 4.79 Å². The van der Waals surface area contributed by atoms with Gasteiger partial charge in [-0.25, -0.2) is 9.67 Å². The second kappa shape index (κ2) is 7.49. The summed E-state index contributed by atoms with van der Waals surface area (Å²) in [5, 5.41) is 14.1.